The molecule has 0 saturated carbocycles. The second-order valence-electron chi connectivity index (χ2n) is 5.08. The normalized spacial score (nSPS) is 10.5. The zero-order valence-corrected chi connectivity index (χ0v) is 13.0. The maximum atomic E-state index is 11.6. The minimum atomic E-state index is -0.343. The topological polar surface area (TPSA) is 87.3 Å². The van der Waals surface area contributed by atoms with Crippen molar-refractivity contribution in [1.29, 1.82) is 0 Å². The largest absolute Gasteiger partial charge is 0.352 e. The quantitative estimate of drug-likeness (QED) is 0.692. The second kappa shape index (κ2) is 8.61. The van der Waals surface area contributed by atoms with Crippen molar-refractivity contribution in [2.24, 2.45) is 0 Å². The molecule has 0 bridgehead atoms. The van der Waals surface area contributed by atoms with Crippen molar-refractivity contribution in [1.82, 2.24) is 10.6 Å². The van der Waals surface area contributed by atoms with Crippen LogP contribution in [0.1, 0.15) is 26.3 Å². The number of rotatable bonds is 6. The van der Waals surface area contributed by atoms with Crippen molar-refractivity contribution >= 4 is 29.5 Å². The minimum Gasteiger partial charge on any atom is -0.352 e. The third-order valence-corrected chi connectivity index (χ3v) is 2.53. The lowest BCUT2D eigenvalue weighted by molar-refractivity contribution is -0.124. The molecule has 6 heteroatoms. The maximum absolute atomic E-state index is 11.6. The molecule has 0 radical (unpaired) electrons. The summed E-state index contributed by atoms with van der Waals surface area (Å²) >= 11 is 0. The molecule has 1 aromatic rings. The van der Waals surface area contributed by atoms with Crippen molar-refractivity contribution in [3.8, 4) is 0 Å². The standard InChI is InChI=1S/C16H21N3O3/c1-11(2)18-16(22)10-17-15(21)9-6-13-4-7-14(8-5-13)19-12(3)20/h4-9,11H,10H2,1-3H3,(H,17,21)(H,18,22)(H,19,20)/b9-6+. The van der Waals surface area contributed by atoms with Crippen LogP contribution in [0.15, 0.2) is 30.3 Å². The zero-order valence-electron chi connectivity index (χ0n) is 13.0. The van der Waals surface area contributed by atoms with Crippen LogP contribution in [-0.4, -0.2) is 30.3 Å². The van der Waals surface area contributed by atoms with Gasteiger partial charge in [0.25, 0.3) is 0 Å². The Bertz CT molecular complexity index is 563. The van der Waals surface area contributed by atoms with Gasteiger partial charge < -0.3 is 16.0 Å². The highest BCUT2D eigenvalue weighted by Gasteiger charge is 2.04. The second-order valence-corrected chi connectivity index (χ2v) is 5.08. The molecule has 0 aliphatic rings. The van der Waals surface area contributed by atoms with Crippen LogP contribution >= 0.6 is 0 Å². The van der Waals surface area contributed by atoms with Gasteiger partial charge in [-0.2, -0.15) is 0 Å². The van der Waals surface area contributed by atoms with E-state index < -0.39 is 0 Å². The Hall–Kier alpha value is -2.63. The number of nitrogens with one attached hydrogen (secondary N) is 3. The zero-order chi connectivity index (χ0) is 16.5. The van der Waals surface area contributed by atoms with Gasteiger partial charge in [-0.05, 0) is 37.6 Å². The number of anilines is 1. The average molecular weight is 303 g/mol. The van der Waals surface area contributed by atoms with Crippen LogP contribution in [0, 0.1) is 0 Å². The number of carbonyl (C=O) groups excluding carboxylic acids is 3. The third kappa shape index (κ3) is 7.23. The first-order chi connectivity index (χ1) is 10.4. The molecule has 6 nitrogen and oxygen atoms in total. The van der Waals surface area contributed by atoms with E-state index in [0.29, 0.717) is 5.69 Å². The van der Waals surface area contributed by atoms with Crippen molar-refractivity contribution in [3.63, 3.8) is 0 Å². The Morgan fingerprint density at radius 3 is 2.32 bits per heavy atom. The number of amides is 3. The monoisotopic (exact) mass is 303 g/mol. The Labute approximate surface area is 130 Å². The fourth-order valence-electron chi connectivity index (χ4n) is 1.65. The first-order valence-corrected chi connectivity index (χ1v) is 6.99. The molecule has 22 heavy (non-hydrogen) atoms. The van der Waals surface area contributed by atoms with Gasteiger partial charge in [-0.25, -0.2) is 0 Å². The van der Waals surface area contributed by atoms with Crippen molar-refractivity contribution in [2.45, 2.75) is 26.8 Å². The highest BCUT2D eigenvalue weighted by molar-refractivity contribution is 5.94. The lowest BCUT2D eigenvalue weighted by Gasteiger charge is -2.08. The number of hydrogen-bond acceptors (Lipinski definition) is 3. The van der Waals surface area contributed by atoms with E-state index >= 15 is 0 Å². The van der Waals surface area contributed by atoms with Crippen molar-refractivity contribution in [2.75, 3.05) is 11.9 Å². The van der Waals surface area contributed by atoms with E-state index in [9.17, 15) is 14.4 Å². The fraction of sp³-hybridized carbons (Fsp3) is 0.312. The summed E-state index contributed by atoms with van der Waals surface area (Å²) in [4.78, 5) is 33.9. The van der Waals surface area contributed by atoms with Crippen LogP contribution in [0.3, 0.4) is 0 Å². The lowest BCUT2D eigenvalue weighted by Crippen LogP contribution is -2.39. The summed E-state index contributed by atoms with van der Waals surface area (Å²) in [5.41, 5.74) is 1.51. The minimum absolute atomic E-state index is 0.0436. The molecule has 0 aliphatic carbocycles. The predicted octanol–water partition coefficient (Wildman–Crippen LogP) is 1.30. The Morgan fingerprint density at radius 1 is 1.14 bits per heavy atom. The average Bonchev–Trinajstić information content (AvgIpc) is 2.43. The molecule has 0 aromatic heterocycles. The SMILES string of the molecule is CC(=O)Nc1ccc(/C=C/C(=O)NCC(=O)NC(C)C)cc1. The molecule has 0 fully saturated rings. The summed E-state index contributed by atoms with van der Waals surface area (Å²) in [5, 5.41) is 7.84. The van der Waals surface area contributed by atoms with E-state index in [0.717, 1.165) is 5.56 Å². The Balaban J connectivity index is 2.45. The summed E-state index contributed by atoms with van der Waals surface area (Å²) in [6.07, 6.45) is 2.99. The molecule has 118 valence electrons. The fourth-order valence-corrected chi connectivity index (χ4v) is 1.65. The first kappa shape index (κ1) is 17.4. The molecule has 0 spiro atoms. The number of benzene rings is 1. The Kier molecular flexibility index (Phi) is 6.82. The van der Waals surface area contributed by atoms with Crippen LogP contribution < -0.4 is 16.0 Å². The first-order valence-electron chi connectivity index (χ1n) is 6.99. The highest BCUT2D eigenvalue weighted by Crippen LogP contribution is 2.10. The molecular formula is C16H21N3O3. The Morgan fingerprint density at radius 2 is 1.77 bits per heavy atom. The molecule has 0 atom stereocenters. The molecular weight excluding hydrogens is 282 g/mol. The molecule has 1 rings (SSSR count). The smallest absolute Gasteiger partial charge is 0.244 e. The van der Waals surface area contributed by atoms with Crippen molar-refractivity contribution in [3.05, 3.63) is 35.9 Å². The van der Waals surface area contributed by atoms with E-state index in [-0.39, 0.29) is 30.3 Å². The lowest BCUT2D eigenvalue weighted by atomic mass is 10.2. The summed E-state index contributed by atoms with van der Waals surface area (Å²) in [6, 6.07) is 7.09. The molecule has 1 aromatic carbocycles. The maximum Gasteiger partial charge on any atom is 0.244 e. The van der Waals surface area contributed by atoms with Crippen LogP contribution in [0.4, 0.5) is 5.69 Å². The van der Waals surface area contributed by atoms with Crippen LogP contribution in [0.2, 0.25) is 0 Å². The predicted molar refractivity (Wildman–Crippen MR) is 86.1 cm³/mol. The number of carbonyl (C=O) groups is 3. The molecule has 0 unspecified atom stereocenters. The van der Waals surface area contributed by atoms with Gasteiger partial charge in [0.1, 0.15) is 0 Å². The molecule has 0 saturated heterocycles. The van der Waals surface area contributed by atoms with E-state index in [1.54, 1.807) is 30.3 Å². The van der Waals surface area contributed by atoms with E-state index in [2.05, 4.69) is 16.0 Å². The summed E-state index contributed by atoms with van der Waals surface area (Å²) < 4.78 is 0. The third-order valence-electron chi connectivity index (χ3n) is 2.53. The summed E-state index contributed by atoms with van der Waals surface area (Å²) in [5.74, 6) is -0.705. The van der Waals surface area contributed by atoms with Gasteiger partial charge in [0.2, 0.25) is 17.7 Å². The van der Waals surface area contributed by atoms with Gasteiger partial charge in [-0.1, -0.05) is 12.1 Å². The van der Waals surface area contributed by atoms with Gasteiger partial charge in [-0.3, -0.25) is 14.4 Å². The van der Waals surface area contributed by atoms with E-state index in [1.807, 2.05) is 13.8 Å². The summed E-state index contributed by atoms with van der Waals surface area (Å²) in [6.45, 7) is 5.09. The number of hydrogen-bond donors (Lipinski definition) is 3. The van der Waals surface area contributed by atoms with Crippen LogP contribution in [0.5, 0.6) is 0 Å². The van der Waals surface area contributed by atoms with E-state index in [4.69, 9.17) is 0 Å². The van der Waals surface area contributed by atoms with Crippen molar-refractivity contribution < 1.29 is 14.4 Å². The van der Waals surface area contributed by atoms with Gasteiger partial charge in [0, 0.05) is 24.7 Å². The van der Waals surface area contributed by atoms with Gasteiger partial charge in [0.05, 0.1) is 6.54 Å². The van der Waals surface area contributed by atoms with Gasteiger partial charge in [-0.15, -0.1) is 0 Å². The molecule has 0 heterocycles. The summed E-state index contributed by atoms with van der Waals surface area (Å²) in [7, 11) is 0. The van der Waals surface area contributed by atoms with Gasteiger partial charge >= 0.3 is 0 Å². The van der Waals surface area contributed by atoms with Crippen LogP contribution in [0.25, 0.3) is 6.08 Å². The molecule has 3 N–H and O–H groups in total. The van der Waals surface area contributed by atoms with E-state index in [1.165, 1.54) is 13.0 Å². The molecule has 0 aliphatic heterocycles. The highest BCUT2D eigenvalue weighted by atomic mass is 16.2. The van der Waals surface area contributed by atoms with Gasteiger partial charge in [0.15, 0.2) is 0 Å². The van der Waals surface area contributed by atoms with Crippen LogP contribution in [-0.2, 0) is 14.4 Å². The molecule has 3 amide bonds.